The van der Waals surface area contributed by atoms with Crippen molar-refractivity contribution in [2.75, 3.05) is 6.26 Å². The first-order valence-electron chi connectivity index (χ1n) is 42.7. The maximum Gasteiger partial charge on any atom is 0.461 e. The van der Waals surface area contributed by atoms with E-state index in [1.807, 2.05) is 66.4 Å². The molecular formula is C99H177ClF4N2O12S8. The molecule has 0 amide bonds. The zero-order valence-corrected chi connectivity index (χ0v) is 88.4. The van der Waals surface area contributed by atoms with Crippen molar-refractivity contribution >= 4 is 126 Å². The van der Waals surface area contributed by atoms with Gasteiger partial charge in [-0.3, -0.25) is 4.79 Å². The number of thioether (sulfide) groups is 1. The van der Waals surface area contributed by atoms with E-state index in [9.17, 15) is 27.6 Å². The normalized spacial score (nSPS) is 10.5. The van der Waals surface area contributed by atoms with E-state index in [4.69, 9.17) is 23.8 Å². The van der Waals surface area contributed by atoms with E-state index < -0.39 is 12.5 Å². The second-order valence-corrected chi connectivity index (χ2v) is 44.3. The van der Waals surface area contributed by atoms with Crippen LogP contribution in [0.4, 0.5) is 17.6 Å². The first-order valence-corrected chi connectivity index (χ1v) is 47.8. The van der Waals surface area contributed by atoms with Crippen LogP contribution in [0.3, 0.4) is 0 Å². The quantitative estimate of drug-likeness (QED) is 0.00551. The van der Waals surface area contributed by atoms with Crippen LogP contribution in [0.25, 0.3) is 10.2 Å². The molecule has 1 atom stereocenters. The van der Waals surface area contributed by atoms with Crippen molar-refractivity contribution in [2.24, 2.45) is 0 Å². The fourth-order valence-corrected chi connectivity index (χ4v) is 12.2. The summed E-state index contributed by atoms with van der Waals surface area (Å²) in [6.07, 6.45) is 31.3. The number of aromatic amines is 1. The van der Waals surface area contributed by atoms with Crippen molar-refractivity contribution in [3.8, 4) is 11.8 Å². The minimum Gasteiger partial charge on any atom is -0.428 e. The molecule has 0 aliphatic heterocycles. The number of ketones is 1. The molecule has 21 N–H and O–H groups in total. The Hall–Kier alpha value is -3.90. The molecule has 126 heavy (non-hydrogen) atoms. The number of thiazole rings is 1. The van der Waals surface area contributed by atoms with E-state index in [1.54, 1.807) is 24.3 Å². The van der Waals surface area contributed by atoms with Crippen LogP contribution in [0.15, 0.2) is 144 Å². The van der Waals surface area contributed by atoms with E-state index in [2.05, 4.69) is 284 Å². The van der Waals surface area contributed by atoms with Gasteiger partial charge in [0.15, 0.2) is 9.74 Å². The number of hydrogen-bond acceptors (Lipinski definition) is 11. The highest BCUT2D eigenvalue weighted by molar-refractivity contribution is 7.98. The van der Waals surface area contributed by atoms with Gasteiger partial charge in [-0.15, -0.1) is 23.1 Å². The van der Waals surface area contributed by atoms with E-state index in [0.29, 0.717) is 5.02 Å². The van der Waals surface area contributed by atoms with Crippen molar-refractivity contribution in [3.63, 3.8) is 0 Å². The average molecular weight is 1960 g/mol. The van der Waals surface area contributed by atoms with Gasteiger partial charge in [0.2, 0.25) is 0 Å². The molecule has 0 saturated carbocycles. The summed E-state index contributed by atoms with van der Waals surface area (Å²) in [5.41, 5.74) is 10.3. The molecule has 0 aliphatic carbocycles. The molecular weight excluding hydrogens is 1780 g/mol. The topological polar surface area (TPSA) is 381 Å². The van der Waals surface area contributed by atoms with Crippen LogP contribution in [-0.4, -0.2) is 108 Å². The minimum absolute atomic E-state index is 0. The fourth-order valence-electron chi connectivity index (χ4n) is 10.4. The summed E-state index contributed by atoms with van der Waals surface area (Å²) in [5, 5.41) is 10.2. The molecule has 7 rings (SSSR count). The zero-order chi connectivity index (χ0) is 88.8. The molecule has 1 aromatic heterocycles. The molecule has 0 spiro atoms. The number of H-pyrrole nitrogens is 1. The summed E-state index contributed by atoms with van der Waals surface area (Å²) in [6, 6.07) is 48.1. The van der Waals surface area contributed by atoms with Gasteiger partial charge >= 0.3 is 12.5 Å². The third-order valence-corrected chi connectivity index (χ3v) is 18.2. The maximum absolute atomic E-state index is 12.8. The van der Waals surface area contributed by atoms with Crippen LogP contribution < -0.4 is 4.74 Å². The van der Waals surface area contributed by atoms with Crippen LogP contribution in [0.1, 0.15) is 361 Å². The number of hydrogen-bond donors (Lipinski definition) is 6. The van der Waals surface area contributed by atoms with Gasteiger partial charge < -0.3 is 64.5 Å². The van der Waals surface area contributed by atoms with Gasteiger partial charge in [-0.1, -0.05) is 376 Å². The molecule has 1 heterocycles. The molecule has 0 bridgehead atoms. The largest absolute Gasteiger partial charge is 0.461 e. The molecule has 0 fully saturated rings. The lowest BCUT2D eigenvalue weighted by atomic mass is 9.91. The molecule has 27 heteroatoms. The highest BCUT2D eigenvalue weighted by atomic mass is 35.5. The highest BCUT2D eigenvalue weighted by Gasteiger charge is 2.44. The molecule has 0 saturated heterocycles. The Kier molecular flexibility index (Phi) is 105. The number of carbonyl (C=O) groups is 1. The second-order valence-electron chi connectivity index (χ2n) is 34.6. The third-order valence-electron chi connectivity index (χ3n) is 15.9. The van der Waals surface area contributed by atoms with Crippen molar-refractivity contribution in [3.05, 3.63) is 193 Å². The number of carbonyl (C=O) groups excluding carboxylic acids is 1. The lowest BCUT2D eigenvalue weighted by Crippen LogP contribution is -2.33. The minimum atomic E-state index is -4.44. The van der Waals surface area contributed by atoms with E-state index in [1.165, 1.54) is 203 Å². The number of Topliss-reactive ketones (excluding diaryl/α,β-unsaturated/α-hetero) is 1. The van der Waals surface area contributed by atoms with Gasteiger partial charge in [0.25, 0.3) is 0 Å². The Labute approximate surface area is 808 Å². The molecule has 6 aromatic carbocycles. The number of ether oxygens (including phenoxy) is 1. The number of fused-ring (bicyclic) bond motifs is 1. The first kappa shape index (κ1) is 150. The van der Waals surface area contributed by atoms with Crippen LogP contribution in [0.5, 0.6) is 5.75 Å². The predicted octanol–water partition coefficient (Wildman–Crippen LogP) is 27.1. The van der Waals surface area contributed by atoms with Gasteiger partial charge in [0.05, 0.1) is 22.2 Å². The number of nitrogens with one attached hydrogen (secondary N) is 1. The van der Waals surface area contributed by atoms with E-state index in [-0.39, 0.29) is 95.9 Å². The second kappa shape index (κ2) is 87.7. The van der Waals surface area contributed by atoms with Gasteiger partial charge in [-0.25, -0.2) is 0 Å². The predicted molar refractivity (Wildman–Crippen MR) is 567 cm³/mol. The summed E-state index contributed by atoms with van der Waals surface area (Å²) in [6.45, 7) is 43.5. The van der Waals surface area contributed by atoms with E-state index >= 15 is 0 Å². The summed E-state index contributed by atoms with van der Waals surface area (Å²) < 4.78 is 56.8. The number of nitriles is 1. The van der Waals surface area contributed by atoms with Gasteiger partial charge in [0.1, 0.15) is 5.75 Å². The van der Waals surface area contributed by atoms with Crippen molar-refractivity contribution in [2.45, 2.75) is 385 Å². The monoisotopic (exact) mass is 1950 g/mol. The Morgan fingerprint density at radius 3 is 1.07 bits per heavy atom. The highest BCUT2D eigenvalue weighted by Crippen LogP contribution is 2.32. The number of aromatic nitrogens is 1. The van der Waals surface area contributed by atoms with E-state index in [0.717, 1.165) is 71.2 Å². The summed E-state index contributed by atoms with van der Waals surface area (Å²) in [5.74, 6) is -0.377. The summed E-state index contributed by atoms with van der Waals surface area (Å²) >= 11 is 35.7. The summed E-state index contributed by atoms with van der Waals surface area (Å²) in [4.78, 5) is 15.7. The number of alkyl halides is 4. The molecule has 738 valence electrons. The van der Waals surface area contributed by atoms with Crippen molar-refractivity contribution in [1.29, 1.82) is 5.26 Å². The molecule has 14 nitrogen and oxygen atoms in total. The number of nitrogens with zero attached hydrogens (tertiary/aromatic N) is 1. The molecule has 7 aromatic rings. The Morgan fingerprint density at radius 1 is 0.444 bits per heavy atom. The number of benzene rings is 6. The fraction of sp³-hybridized carbons (Fsp3) is 0.606. The SMILES string of the molecule is CC(C)(C)S.CC(C)(C)S.CC(C)(C)S.CC(C)(C)S.CC(C)(C)S.CCCCCCCc1ccc(C(C#N)c2ccccc2)c(Cl)c1.CCCCCCCc1ccc(C(C)=O)cc1.CCCCCCCc1ccc(SC)cc1.CCCCCCCc1ccc2sc(=S)[nH]c2c1.CCCCCCCc1cccc(OC(F)(F)C(F)F)c1.O.O.O.O.O.O.O.O.O.O. The Balaban J connectivity index is -0.000000106. The molecule has 0 aliphatic rings. The van der Waals surface area contributed by atoms with Crippen molar-refractivity contribution < 1.29 is 81.9 Å². The number of thiol groups is 5. The van der Waals surface area contributed by atoms with Gasteiger partial charge in [0, 0.05) is 39.2 Å². The zero-order valence-electron chi connectivity index (χ0n) is 80.8. The standard InChI is InChI=1S/C21H24ClN.C15H20F4O.C15H22O.C14H19NS2.C14H22S.5C4H10S.10H2O/c1-2-3-4-5-7-10-17-13-14-19(21(22)15-17)20(16-23)18-11-8-6-9-12-18;1-2-3-4-5-6-8-12-9-7-10-13(11-12)20-15(18,19)14(16)17;1-3-4-5-6-7-8-14-9-11-15(12-10-14)13(2)16;1-2-3-4-5-6-7-11-8-9-13-12(10-11)15-14(16)17-13;1-3-4-5-6-7-8-13-9-11-14(15-2)12-10-13;5*1-4(2,3)5;;;;;;;;;;/h6,8-9,11-15,20H,2-5,7,10H2,1H3;7,9-11,14H,2-6,8H2,1H3;9-12H,3-8H2,1-2H3;8-10H,2-7H2,1H3,(H,15,16);9-12H,3-8H2,1-2H3;5*5H,1-3H3;10*1H2. The lowest BCUT2D eigenvalue weighted by Gasteiger charge is -2.17. The first-order chi connectivity index (χ1) is 54.1. The Morgan fingerprint density at radius 2 is 0.754 bits per heavy atom. The van der Waals surface area contributed by atoms with Gasteiger partial charge in [-0.2, -0.15) is 86.0 Å². The number of rotatable bonds is 37. The third kappa shape index (κ3) is 101. The van der Waals surface area contributed by atoms with Crippen LogP contribution in [0.2, 0.25) is 5.02 Å². The van der Waals surface area contributed by atoms with Gasteiger partial charge in [-0.05, 0) is 171 Å². The maximum atomic E-state index is 12.8. The molecule has 0 radical (unpaired) electrons. The lowest BCUT2D eigenvalue weighted by molar-refractivity contribution is -0.253. The number of aryl methyl sites for hydroxylation is 5. The van der Waals surface area contributed by atoms with Crippen LogP contribution in [-0.2, 0) is 32.1 Å². The van der Waals surface area contributed by atoms with Crippen LogP contribution >= 0.6 is 110 Å². The smallest absolute Gasteiger partial charge is 0.428 e. The number of unbranched alkanes of at least 4 members (excludes halogenated alkanes) is 20. The molecule has 1 unspecified atom stereocenters. The average Bonchev–Trinajstić information content (AvgIpc) is 1.49. The number of halogens is 5. The summed E-state index contributed by atoms with van der Waals surface area (Å²) in [7, 11) is 0. The van der Waals surface area contributed by atoms with Crippen LogP contribution in [0, 0.1) is 15.3 Å². The van der Waals surface area contributed by atoms with Crippen molar-refractivity contribution in [1.82, 2.24) is 4.98 Å². The Bertz CT molecular complexity index is 3560.